The van der Waals surface area contributed by atoms with E-state index in [0.29, 0.717) is 26.2 Å². The number of amides is 3. The number of carbonyl (C=O) groups excluding carboxylic acids is 2. The lowest BCUT2D eigenvalue weighted by Gasteiger charge is -2.29. The molecular formula is C29H35N3O3S. The number of rotatable bonds is 9. The molecule has 0 spiro atoms. The lowest BCUT2D eigenvalue weighted by molar-refractivity contribution is -0.133. The van der Waals surface area contributed by atoms with Crippen LogP contribution in [0.2, 0.25) is 0 Å². The van der Waals surface area contributed by atoms with E-state index >= 15 is 0 Å². The van der Waals surface area contributed by atoms with Crippen molar-refractivity contribution in [3.05, 3.63) is 87.1 Å². The Balaban J connectivity index is 1.52. The van der Waals surface area contributed by atoms with Crippen LogP contribution in [0.15, 0.2) is 60.7 Å². The lowest BCUT2D eigenvalue weighted by Crippen LogP contribution is -2.46. The summed E-state index contributed by atoms with van der Waals surface area (Å²) in [4.78, 5) is 32.9. The second kappa shape index (κ2) is 12.2. The van der Waals surface area contributed by atoms with E-state index in [1.54, 1.807) is 16.2 Å². The van der Waals surface area contributed by atoms with E-state index in [0.717, 1.165) is 40.1 Å². The van der Waals surface area contributed by atoms with Gasteiger partial charge in [0, 0.05) is 35.1 Å². The molecule has 1 fully saturated rings. The zero-order valence-corrected chi connectivity index (χ0v) is 22.1. The molecule has 2 heterocycles. The lowest BCUT2D eigenvalue weighted by atomic mass is 10.1. The monoisotopic (exact) mass is 505 g/mol. The summed E-state index contributed by atoms with van der Waals surface area (Å²) in [5, 5.41) is 3.02. The van der Waals surface area contributed by atoms with Gasteiger partial charge in [0.1, 0.15) is 6.54 Å². The number of anilines is 1. The first-order valence-electron chi connectivity index (χ1n) is 12.5. The van der Waals surface area contributed by atoms with Crippen LogP contribution in [0.4, 0.5) is 10.5 Å². The molecule has 7 heteroatoms. The average molecular weight is 506 g/mol. The molecule has 6 nitrogen and oxygen atoms in total. The molecule has 1 aromatic heterocycles. The zero-order chi connectivity index (χ0) is 25.5. The van der Waals surface area contributed by atoms with Gasteiger partial charge in [-0.1, -0.05) is 48.0 Å². The Morgan fingerprint density at radius 2 is 1.81 bits per heavy atom. The number of nitrogens with zero attached hydrogens (tertiary/aromatic N) is 2. The standard InChI is InChI=1S/C29H35N3O3S/c1-21-11-14-27(22(2)16-21)30-29(34)32(18-25-10-7-15-35-25)20-28(33)31(17-24-8-5-4-6-9-24)19-26-13-12-23(3)36-26/h4-6,8-9,11-14,16,25H,7,10,15,17-20H2,1-3H3,(H,30,34). The molecule has 0 bridgehead atoms. The predicted molar refractivity (Wildman–Crippen MR) is 145 cm³/mol. The summed E-state index contributed by atoms with van der Waals surface area (Å²) in [6.45, 7) is 8.15. The first-order valence-corrected chi connectivity index (χ1v) is 13.3. The Kier molecular flexibility index (Phi) is 8.78. The van der Waals surface area contributed by atoms with Crippen LogP contribution in [0, 0.1) is 20.8 Å². The summed E-state index contributed by atoms with van der Waals surface area (Å²) in [5.74, 6) is -0.0846. The van der Waals surface area contributed by atoms with Gasteiger partial charge < -0.3 is 19.9 Å². The third-order valence-electron chi connectivity index (χ3n) is 6.40. The Labute approximate surface area is 217 Å². The molecule has 190 valence electrons. The van der Waals surface area contributed by atoms with Gasteiger partial charge in [-0.15, -0.1) is 11.3 Å². The van der Waals surface area contributed by atoms with Gasteiger partial charge >= 0.3 is 6.03 Å². The van der Waals surface area contributed by atoms with E-state index in [9.17, 15) is 9.59 Å². The summed E-state index contributed by atoms with van der Waals surface area (Å²) < 4.78 is 5.81. The fourth-order valence-corrected chi connectivity index (χ4v) is 5.37. The zero-order valence-electron chi connectivity index (χ0n) is 21.3. The molecule has 1 aliphatic rings. The van der Waals surface area contributed by atoms with Gasteiger partial charge in [0.05, 0.1) is 12.6 Å². The fraction of sp³-hybridized carbons (Fsp3) is 0.379. The normalized spacial score (nSPS) is 15.0. The van der Waals surface area contributed by atoms with E-state index in [4.69, 9.17) is 4.74 Å². The van der Waals surface area contributed by atoms with Crippen molar-refractivity contribution in [3.8, 4) is 0 Å². The highest BCUT2D eigenvalue weighted by Crippen LogP contribution is 2.21. The van der Waals surface area contributed by atoms with Crippen LogP contribution >= 0.6 is 11.3 Å². The Hall–Kier alpha value is -3.16. The van der Waals surface area contributed by atoms with Crippen LogP contribution in [0.3, 0.4) is 0 Å². The smallest absolute Gasteiger partial charge is 0.322 e. The number of urea groups is 1. The SMILES string of the molecule is Cc1ccc(NC(=O)N(CC(=O)N(Cc2ccccc2)Cc2ccc(C)s2)CC2CCCO2)c(C)c1. The van der Waals surface area contributed by atoms with Crippen molar-refractivity contribution < 1.29 is 14.3 Å². The third-order valence-corrected chi connectivity index (χ3v) is 7.38. The van der Waals surface area contributed by atoms with Crippen molar-refractivity contribution in [2.45, 2.75) is 52.8 Å². The van der Waals surface area contributed by atoms with Gasteiger partial charge in [-0.05, 0) is 62.9 Å². The maximum absolute atomic E-state index is 13.7. The van der Waals surface area contributed by atoms with Gasteiger partial charge in [-0.3, -0.25) is 4.79 Å². The van der Waals surface area contributed by atoms with Crippen LogP contribution < -0.4 is 5.32 Å². The topological polar surface area (TPSA) is 61.9 Å². The summed E-state index contributed by atoms with van der Waals surface area (Å²) >= 11 is 1.69. The van der Waals surface area contributed by atoms with Crippen molar-refractivity contribution >= 4 is 29.0 Å². The summed E-state index contributed by atoms with van der Waals surface area (Å²) in [6, 6.07) is 19.8. The number of hydrogen-bond donors (Lipinski definition) is 1. The molecule has 4 rings (SSSR count). The molecule has 0 radical (unpaired) electrons. The molecule has 2 aromatic carbocycles. The molecule has 0 aliphatic carbocycles. The van der Waals surface area contributed by atoms with Gasteiger partial charge in [0.2, 0.25) is 5.91 Å². The molecule has 36 heavy (non-hydrogen) atoms. The largest absolute Gasteiger partial charge is 0.376 e. The van der Waals surface area contributed by atoms with Gasteiger partial charge in [-0.25, -0.2) is 4.79 Å². The van der Waals surface area contributed by atoms with Crippen LogP contribution in [0.25, 0.3) is 0 Å². The molecule has 1 saturated heterocycles. The van der Waals surface area contributed by atoms with Crippen molar-refractivity contribution in [2.24, 2.45) is 0 Å². The highest BCUT2D eigenvalue weighted by molar-refractivity contribution is 7.11. The summed E-state index contributed by atoms with van der Waals surface area (Å²) in [5.41, 5.74) is 3.94. The minimum absolute atomic E-state index is 0.00616. The van der Waals surface area contributed by atoms with E-state index in [1.807, 2.05) is 67.3 Å². The molecule has 3 aromatic rings. The highest BCUT2D eigenvalue weighted by atomic mass is 32.1. The highest BCUT2D eigenvalue weighted by Gasteiger charge is 2.27. The third kappa shape index (κ3) is 7.18. The molecular weight excluding hydrogens is 470 g/mol. The first kappa shape index (κ1) is 25.9. The number of ether oxygens (including phenoxy) is 1. The number of carbonyl (C=O) groups is 2. The van der Waals surface area contributed by atoms with Crippen molar-refractivity contribution in [2.75, 3.05) is 25.0 Å². The molecule has 1 atom stereocenters. The van der Waals surface area contributed by atoms with Crippen molar-refractivity contribution in [3.63, 3.8) is 0 Å². The summed E-state index contributed by atoms with van der Waals surface area (Å²) in [6.07, 6.45) is 1.82. The number of thiophene rings is 1. The van der Waals surface area contributed by atoms with Crippen LogP contribution in [-0.4, -0.2) is 47.5 Å². The number of hydrogen-bond acceptors (Lipinski definition) is 4. The van der Waals surface area contributed by atoms with Crippen molar-refractivity contribution in [1.29, 1.82) is 0 Å². The molecule has 1 aliphatic heterocycles. The number of benzene rings is 2. The van der Waals surface area contributed by atoms with Crippen molar-refractivity contribution in [1.82, 2.24) is 9.80 Å². The fourth-order valence-electron chi connectivity index (χ4n) is 4.46. The minimum atomic E-state index is -0.280. The Bertz CT molecular complexity index is 1170. The van der Waals surface area contributed by atoms with Crippen LogP contribution in [0.5, 0.6) is 0 Å². The maximum atomic E-state index is 13.7. The van der Waals surface area contributed by atoms with Gasteiger partial charge in [-0.2, -0.15) is 0 Å². The molecule has 1 unspecified atom stereocenters. The Morgan fingerprint density at radius 3 is 2.47 bits per heavy atom. The predicted octanol–water partition coefficient (Wildman–Crippen LogP) is 5.92. The molecule has 1 N–H and O–H groups in total. The molecule has 0 saturated carbocycles. The van der Waals surface area contributed by atoms with Gasteiger partial charge in [0.15, 0.2) is 0 Å². The Morgan fingerprint density at radius 1 is 1.00 bits per heavy atom. The quantitative estimate of drug-likeness (QED) is 0.393. The first-order chi connectivity index (χ1) is 17.4. The van der Waals surface area contributed by atoms with E-state index < -0.39 is 0 Å². The summed E-state index contributed by atoms with van der Waals surface area (Å²) in [7, 11) is 0. The van der Waals surface area contributed by atoms with E-state index in [2.05, 4.69) is 24.4 Å². The second-order valence-corrected chi connectivity index (χ2v) is 10.9. The second-order valence-electron chi connectivity index (χ2n) is 9.51. The number of aryl methyl sites for hydroxylation is 3. The van der Waals surface area contributed by atoms with E-state index in [-0.39, 0.29) is 24.6 Å². The molecule has 3 amide bonds. The number of nitrogens with one attached hydrogen (secondary N) is 1. The van der Waals surface area contributed by atoms with Crippen LogP contribution in [-0.2, 0) is 22.6 Å². The maximum Gasteiger partial charge on any atom is 0.322 e. The van der Waals surface area contributed by atoms with Gasteiger partial charge in [0.25, 0.3) is 0 Å². The average Bonchev–Trinajstić information content (AvgIpc) is 3.52. The van der Waals surface area contributed by atoms with E-state index in [1.165, 1.54) is 4.88 Å². The van der Waals surface area contributed by atoms with Crippen LogP contribution in [0.1, 0.15) is 39.3 Å². The minimum Gasteiger partial charge on any atom is -0.376 e.